The molecule has 1 saturated heterocycles. The van der Waals surface area contributed by atoms with Gasteiger partial charge in [0.05, 0.1) is 0 Å². The van der Waals surface area contributed by atoms with Crippen LogP contribution < -0.4 is 4.90 Å². The van der Waals surface area contributed by atoms with Crippen LogP contribution in [0.5, 0.6) is 0 Å². The van der Waals surface area contributed by atoms with Crippen LogP contribution in [0.3, 0.4) is 0 Å². The van der Waals surface area contributed by atoms with E-state index in [2.05, 4.69) is 48.4 Å². The normalized spacial score (nSPS) is 18.0. The Hall–Kier alpha value is -1.46. The highest BCUT2D eigenvalue weighted by Crippen LogP contribution is 2.36. The second-order valence-corrected chi connectivity index (χ2v) is 8.46. The van der Waals surface area contributed by atoms with Crippen LogP contribution in [-0.2, 0) is 0 Å². The fourth-order valence-corrected chi connectivity index (χ4v) is 5.50. The Morgan fingerprint density at radius 2 is 1.92 bits per heavy atom. The molecule has 134 valence electrons. The molecule has 25 heavy (non-hydrogen) atoms. The van der Waals surface area contributed by atoms with Gasteiger partial charge in [0.25, 0.3) is 5.91 Å². The number of thiophene rings is 1. The zero-order valence-electron chi connectivity index (χ0n) is 15.0. The number of thioether (sulfide) groups is 1. The molecule has 0 aliphatic carbocycles. The Balaban J connectivity index is 1.64. The van der Waals surface area contributed by atoms with Crippen LogP contribution >= 0.6 is 23.1 Å². The van der Waals surface area contributed by atoms with Crippen molar-refractivity contribution in [2.75, 3.05) is 36.8 Å². The molecule has 1 aromatic heterocycles. The minimum Gasteiger partial charge on any atom is -0.372 e. The van der Waals surface area contributed by atoms with Gasteiger partial charge in [-0.05, 0) is 56.0 Å². The van der Waals surface area contributed by atoms with Gasteiger partial charge < -0.3 is 9.80 Å². The number of amides is 1. The molecule has 1 fully saturated rings. The Bertz CT molecular complexity index is 666. The summed E-state index contributed by atoms with van der Waals surface area (Å²) < 4.78 is 0. The lowest BCUT2D eigenvalue weighted by atomic mass is 10.1. The van der Waals surface area contributed by atoms with Crippen molar-refractivity contribution in [2.45, 2.75) is 25.5 Å². The van der Waals surface area contributed by atoms with Crippen LogP contribution in [0.15, 0.2) is 41.8 Å². The highest BCUT2D eigenvalue weighted by Gasteiger charge is 2.23. The van der Waals surface area contributed by atoms with Crippen LogP contribution in [0.2, 0.25) is 0 Å². The first-order valence-electron chi connectivity index (χ1n) is 9.02. The number of anilines is 1. The van der Waals surface area contributed by atoms with Crippen molar-refractivity contribution in [1.82, 2.24) is 4.90 Å². The van der Waals surface area contributed by atoms with Crippen molar-refractivity contribution in [2.24, 2.45) is 0 Å². The molecule has 3 nitrogen and oxygen atoms in total. The summed E-state index contributed by atoms with van der Waals surface area (Å²) in [7, 11) is 0. The molecule has 3 rings (SSSR count). The number of benzene rings is 1. The third-order valence-electron chi connectivity index (χ3n) is 4.73. The lowest BCUT2D eigenvalue weighted by Gasteiger charge is -2.23. The summed E-state index contributed by atoms with van der Waals surface area (Å²) >= 11 is 3.80. The van der Waals surface area contributed by atoms with E-state index in [9.17, 15) is 4.79 Å². The minimum atomic E-state index is 0.165. The van der Waals surface area contributed by atoms with Gasteiger partial charge in [-0.3, -0.25) is 4.79 Å². The zero-order valence-corrected chi connectivity index (χ0v) is 16.6. The van der Waals surface area contributed by atoms with Gasteiger partial charge in [0, 0.05) is 53.3 Å². The average Bonchev–Trinajstić information content (AvgIpc) is 3.07. The van der Waals surface area contributed by atoms with Crippen molar-refractivity contribution in [3.05, 3.63) is 52.2 Å². The molecule has 0 radical (unpaired) electrons. The SMILES string of the molecule is CCN(CC)c1ccc(C(=O)N2CCSC(c3cccs3)CC2)cc1. The molecule has 1 aliphatic heterocycles. The molecule has 0 spiro atoms. The van der Waals surface area contributed by atoms with E-state index in [0.717, 1.165) is 43.9 Å². The summed E-state index contributed by atoms with van der Waals surface area (Å²) in [4.78, 5) is 18.6. The second kappa shape index (κ2) is 8.77. The number of carbonyl (C=O) groups is 1. The standard InChI is InChI=1S/C20H26N2OS2/c1-3-21(4-2)17-9-7-16(8-10-17)20(23)22-12-11-19(25-15-13-22)18-6-5-14-24-18/h5-10,14,19H,3-4,11-13,15H2,1-2H3. The maximum Gasteiger partial charge on any atom is 0.253 e. The maximum absolute atomic E-state index is 12.9. The van der Waals surface area contributed by atoms with E-state index < -0.39 is 0 Å². The summed E-state index contributed by atoms with van der Waals surface area (Å²) in [5, 5.41) is 2.67. The third kappa shape index (κ3) is 4.39. The molecule has 1 atom stereocenters. The molecule has 0 bridgehead atoms. The van der Waals surface area contributed by atoms with E-state index >= 15 is 0 Å². The number of nitrogens with zero attached hydrogens (tertiary/aromatic N) is 2. The van der Waals surface area contributed by atoms with Gasteiger partial charge in [0.2, 0.25) is 0 Å². The predicted molar refractivity (Wildman–Crippen MR) is 110 cm³/mol. The fourth-order valence-electron chi connectivity index (χ4n) is 3.26. The molecule has 5 heteroatoms. The zero-order chi connectivity index (χ0) is 17.6. The molecule has 2 heterocycles. The van der Waals surface area contributed by atoms with E-state index in [1.165, 1.54) is 10.6 Å². The largest absolute Gasteiger partial charge is 0.372 e. The molecular weight excluding hydrogens is 348 g/mol. The van der Waals surface area contributed by atoms with Gasteiger partial charge in [0.15, 0.2) is 0 Å². The van der Waals surface area contributed by atoms with E-state index in [-0.39, 0.29) is 5.91 Å². The number of carbonyl (C=O) groups excluding carboxylic acids is 1. The second-order valence-electron chi connectivity index (χ2n) is 6.17. The first-order chi connectivity index (χ1) is 12.2. The molecule has 1 unspecified atom stereocenters. The molecule has 1 aliphatic rings. The first kappa shape index (κ1) is 18.3. The summed E-state index contributed by atoms with van der Waals surface area (Å²) in [6.45, 7) is 7.95. The third-order valence-corrected chi connectivity index (χ3v) is 7.18. The van der Waals surface area contributed by atoms with Gasteiger partial charge in [-0.1, -0.05) is 6.07 Å². The van der Waals surface area contributed by atoms with Crippen molar-refractivity contribution in [3.63, 3.8) is 0 Å². The van der Waals surface area contributed by atoms with Gasteiger partial charge in [-0.25, -0.2) is 0 Å². The van der Waals surface area contributed by atoms with E-state index in [4.69, 9.17) is 0 Å². The van der Waals surface area contributed by atoms with Crippen molar-refractivity contribution < 1.29 is 4.79 Å². The van der Waals surface area contributed by atoms with Crippen molar-refractivity contribution in [3.8, 4) is 0 Å². The lowest BCUT2D eigenvalue weighted by molar-refractivity contribution is 0.0766. The molecule has 0 N–H and O–H groups in total. The van der Waals surface area contributed by atoms with Crippen LogP contribution in [0.25, 0.3) is 0 Å². The summed E-state index contributed by atoms with van der Waals surface area (Å²) in [5.74, 6) is 1.17. The van der Waals surface area contributed by atoms with Crippen LogP contribution in [0.4, 0.5) is 5.69 Å². The molecule has 1 amide bonds. The lowest BCUT2D eigenvalue weighted by Crippen LogP contribution is -2.33. The van der Waals surface area contributed by atoms with Crippen LogP contribution in [0.1, 0.15) is 40.8 Å². The molecule has 0 saturated carbocycles. The van der Waals surface area contributed by atoms with Crippen LogP contribution in [0, 0.1) is 0 Å². The Labute approximate surface area is 159 Å². The molecular formula is C20H26N2OS2. The Kier molecular flexibility index (Phi) is 6.43. The Morgan fingerprint density at radius 3 is 2.56 bits per heavy atom. The fraction of sp³-hybridized carbons (Fsp3) is 0.450. The highest BCUT2D eigenvalue weighted by molar-refractivity contribution is 7.99. The summed E-state index contributed by atoms with van der Waals surface area (Å²) in [6, 6.07) is 12.4. The number of hydrogen-bond donors (Lipinski definition) is 0. The van der Waals surface area contributed by atoms with E-state index in [1.54, 1.807) is 0 Å². The predicted octanol–water partition coefficient (Wildman–Crippen LogP) is 4.91. The molecule has 1 aromatic carbocycles. The van der Waals surface area contributed by atoms with Gasteiger partial charge >= 0.3 is 0 Å². The Morgan fingerprint density at radius 1 is 1.16 bits per heavy atom. The average molecular weight is 375 g/mol. The summed E-state index contributed by atoms with van der Waals surface area (Å²) in [6.07, 6.45) is 1.04. The van der Waals surface area contributed by atoms with Crippen molar-refractivity contribution >= 4 is 34.7 Å². The summed E-state index contributed by atoms with van der Waals surface area (Å²) in [5.41, 5.74) is 1.99. The first-order valence-corrected chi connectivity index (χ1v) is 10.9. The smallest absolute Gasteiger partial charge is 0.253 e. The maximum atomic E-state index is 12.9. The topological polar surface area (TPSA) is 23.6 Å². The molecule has 2 aromatic rings. The van der Waals surface area contributed by atoms with Gasteiger partial charge in [-0.15, -0.1) is 11.3 Å². The van der Waals surface area contributed by atoms with E-state index in [1.807, 2.05) is 40.1 Å². The van der Waals surface area contributed by atoms with Crippen molar-refractivity contribution in [1.29, 1.82) is 0 Å². The highest BCUT2D eigenvalue weighted by atomic mass is 32.2. The van der Waals surface area contributed by atoms with E-state index in [0.29, 0.717) is 5.25 Å². The monoisotopic (exact) mass is 374 g/mol. The van der Waals surface area contributed by atoms with Gasteiger partial charge in [-0.2, -0.15) is 11.8 Å². The minimum absolute atomic E-state index is 0.165. The quantitative estimate of drug-likeness (QED) is 0.742. The van der Waals surface area contributed by atoms with Gasteiger partial charge in [0.1, 0.15) is 0 Å². The van der Waals surface area contributed by atoms with Crippen LogP contribution in [-0.4, -0.2) is 42.7 Å². The number of hydrogen-bond acceptors (Lipinski definition) is 4. The number of rotatable bonds is 5.